The van der Waals surface area contributed by atoms with Gasteiger partial charge in [-0.15, -0.1) is 0 Å². The van der Waals surface area contributed by atoms with Crippen LogP contribution in [-0.4, -0.2) is 14.7 Å². The molecule has 0 radical (unpaired) electrons. The van der Waals surface area contributed by atoms with E-state index in [1.54, 1.807) is 0 Å². The Kier molecular flexibility index (Phi) is 8.70. The number of ether oxygens (including phenoxy) is 1. The SMILES string of the molecule is C=CCOc1c(C(C)(C)C)cccc1[Si](C)(C)C1c2cc(-c3cccc(CC)c3)ccc2-c2ccc(-c3cccc(CC)c3)cc21. The molecule has 0 saturated heterocycles. The van der Waals surface area contributed by atoms with Crippen LogP contribution in [0.3, 0.4) is 0 Å². The fourth-order valence-corrected chi connectivity index (χ4v) is 11.1. The van der Waals surface area contributed by atoms with E-state index in [0.29, 0.717) is 6.61 Å². The van der Waals surface area contributed by atoms with Crippen molar-refractivity contribution in [3.63, 3.8) is 0 Å². The van der Waals surface area contributed by atoms with Gasteiger partial charge in [0.1, 0.15) is 12.4 Å². The first kappa shape index (κ1) is 31.8. The second-order valence-electron chi connectivity index (χ2n) is 14.4. The first-order chi connectivity index (χ1) is 22.1. The fraction of sp³-hybridized carbons (Fsp3) is 0.273. The Morgan fingerprint density at radius 2 is 1.17 bits per heavy atom. The molecule has 0 N–H and O–H groups in total. The first-order valence-corrected chi connectivity index (χ1v) is 20.0. The Morgan fingerprint density at radius 3 is 1.65 bits per heavy atom. The molecule has 1 aliphatic rings. The van der Waals surface area contributed by atoms with Crippen molar-refractivity contribution in [1.29, 1.82) is 0 Å². The Hall–Kier alpha value is -4.14. The van der Waals surface area contributed by atoms with Crippen molar-refractivity contribution in [3.05, 3.63) is 144 Å². The zero-order valence-electron chi connectivity index (χ0n) is 28.7. The van der Waals surface area contributed by atoms with Gasteiger partial charge in [0.15, 0.2) is 0 Å². The van der Waals surface area contributed by atoms with Gasteiger partial charge < -0.3 is 4.74 Å². The van der Waals surface area contributed by atoms with E-state index in [9.17, 15) is 0 Å². The third-order valence-electron chi connectivity index (χ3n) is 9.94. The van der Waals surface area contributed by atoms with Crippen molar-refractivity contribution in [3.8, 4) is 39.1 Å². The molecule has 1 nitrogen and oxygen atoms in total. The van der Waals surface area contributed by atoms with Crippen LogP contribution in [-0.2, 0) is 18.3 Å². The third-order valence-corrected chi connectivity index (χ3v) is 13.8. The molecular formula is C44H48OSi. The van der Waals surface area contributed by atoms with E-state index < -0.39 is 8.07 Å². The van der Waals surface area contributed by atoms with Crippen LogP contribution < -0.4 is 9.92 Å². The zero-order valence-corrected chi connectivity index (χ0v) is 29.7. The topological polar surface area (TPSA) is 9.23 Å². The molecule has 234 valence electrons. The molecule has 0 unspecified atom stereocenters. The van der Waals surface area contributed by atoms with Gasteiger partial charge >= 0.3 is 0 Å². The number of hydrogen-bond acceptors (Lipinski definition) is 1. The standard InChI is InChI=1S/C44H48OSi/c1-9-25-45-42-40(44(4,5)6)19-14-20-41(42)46(7,8)43-38-28-34(32-17-12-15-30(10-2)26-32)21-23-36(38)37-24-22-35(29-39(37)43)33-18-13-16-31(11-3)27-33/h9,12-24,26-29,43H,1,10-11,25H2,2-8H3. The van der Waals surface area contributed by atoms with Gasteiger partial charge in [0.2, 0.25) is 0 Å². The smallest absolute Gasteiger partial charge is 0.122 e. The molecule has 0 heterocycles. The zero-order chi connectivity index (χ0) is 32.6. The third kappa shape index (κ3) is 5.80. The van der Waals surface area contributed by atoms with Crippen LogP contribution in [0.1, 0.15) is 68.0 Å². The lowest BCUT2D eigenvalue weighted by atomic mass is 9.86. The highest BCUT2D eigenvalue weighted by Gasteiger charge is 2.44. The van der Waals surface area contributed by atoms with Crippen LogP contribution in [0.4, 0.5) is 0 Å². The average Bonchev–Trinajstić information content (AvgIpc) is 3.40. The summed E-state index contributed by atoms with van der Waals surface area (Å²) in [4.78, 5) is 0. The minimum atomic E-state index is -2.30. The van der Waals surface area contributed by atoms with Gasteiger partial charge in [-0.2, -0.15) is 0 Å². The summed E-state index contributed by atoms with van der Waals surface area (Å²) in [5.41, 5.74) is 15.0. The summed E-state index contributed by atoms with van der Waals surface area (Å²) in [5, 5.41) is 1.38. The molecule has 0 aromatic heterocycles. The van der Waals surface area contributed by atoms with Crippen LogP contribution in [0.15, 0.2) is 116 Å². The maximum absolute atomic E-state index is 6.62. The molecule has 0 aliphatic heterocycles. The predicted molar refractivity (Wildman–Crippen MR) is 201 cm³/mol. The lowest BCUT2D eigenvalue weighted by Gasteiger charge is -2.35. The molecule has 1 aliphatic carbocycles. The van der Waals surface area contributed by atoms with Crippen molar-refractivity contribution in [2.75, 3.05) is 6.61 Å². The summed E-state index contributed by atoms with van der Waals surface area (Å²) >= 11 is 0. The molecule has 5 aromatic rings. The van der Waals surface area contributed by atoms with Gasteiger partial charge in [-0.25, -0.2) is 0 Å². The van der Waals surface area contributed by atoms with Gasteiger partial charge in [0.25, 0.3) is 0 Å². The molecule has 0 fully saturated rings. The average molecular weight is 621 g/mol. The largest absolute Gasteiger partial charge is 0.489 e. The molecule has 0 saturated carbocycles. The van der Waals surface area contributed by atoms with E-state index in [1.807, 2.05) is 6.08 Å². The molecule has 2 heteroatoms. The molecule has 5 aromatic carbocycles. The van der Waals surface area contributed by atoms with Crippen LogP contribution in [0, 0.1) is 0 Å². The van der Waals surface area contributed by atoms with E-state index in [4.69, 9.17) is 4.74 Å². The number of benzene rings is 5. The maximum atomic E-state index is 6.62. The normalized spacial score (nSPS) is 12.9. The summed E-state index contributed by atoms with van der Waals surface area (Å²) in [6.45, 7) is 20.9. The summed E-state index contributed by atoms with van der Waals surface area (Å²) in [6.07, 6.45) is 3.93. The molecule has 0 amide bonds. The maximum Gasteiger partial charge on any atom is 0.122 e. The second-order valence-corrected chi connectivity index (χ2v) is 19.0. The van der Waals surface area contributed by atoms with Crippen molar-refractivity contribution < 1.29 is 4.74 Å². The summed E-state index contributed by atoms with van der Waals surface area (Å²) in [7, 11) is -2.30. The van der Waals surface area contributed by atoms with Crippen molar-refractivity contribution in [2.45, 2.75) is 71.5 Å². The van der Waals surface area contributed by atoms with E-state index in [-0.39, 0.29) is 11.0 Å². The van der Waals surface area contributed by atoms with Crippen molar-refractivity contribution in [1.82, 2.24) is 0 Å². The molecule has 0 spiro atoms. The van der Waals surface area contributed by atoms with Crippen molar-refractivity contribution >= 4 is 13.3 Å². The fourth-order valence-electron chi connectivity index (χ4n) is 7.43. The minimum Gasteiger partial charge on any atom is -0.489 e. The quantitative estimate of drug-likeness (QED) is 0.118. The first-order valence-electron chi connectivity index (χ1n) is 16.9. The Balaban J connectivity index is 1.59. The lowest BCUT2D eigenvalue weighted by molar-refractivity contribution is 0.354. The molecule has 0 atom stereocenters. The monoisotopic (exact) mass is 620 g/mol. The highest BCUT2D eigenvalue weighted by Crippen LogP contribution is 2.51. The summed E-state index contributed by atoms with van der Waals surface area (Å²) in [5.74, 6) is 1.06. The number of aryl methyl sites for hydroxylation is 2. The molecule has 46 heavy (non-hydrogen) atoms. The van der Waals surface area contributed by atoms with Crippen molar-refractivity contribution in [2.24, 2.45) is 0 Å². The number of hydrogen-bond donors (Lipinski definition) is 0. The summed E-state index contributed by atoms with van der Waals surface area (Å²) < 4.78 is 6.62. The van der Waals surface area contributed by atoms with Crippen LogP contribution in [0.5, 0.6) is 5.75 Å². The highest BCUT2D eigenvalue weighted by atomic mass is 28.3. The number of fused-ring (bicyclic) bond motifs is 3. The van der Waals surface area contributed by atoms with Gasteiger partial charge in [0, 0.05) is 5.54 Å². The minimum absolute atomic E-state index is 0.0442. The Labute approximate surface area is 278 Å². The van der Waals surface area contributed by atoms with E-state index >= 15 is 0 Å². The van der Waals surface area contributed by atoms with E-state index in [2.05, 4.69) is 157 Å². The number of para-hydroxylation sites is 1. The Morgan fingerprint density at radius 1 is 0.674 bits per heavy atom. The van der Waals surface area contributed by atoms with E-state index in [0.717, 1.165) is 18.6 Å². The molecule has 6 rings (SSSR count). The van der Waals surface area contributed by atoms with Crippen LogP contribution >= 0.6 is 0 Å². The van der Waals surface area contributed by atoms with Gasteiger partial charge in [-0.3, -0.25) is 0 Å². The van der Waals surface area contributed by atoms with Gasteiger partial charge in [-0.05, 0) is 84.6 Å². The Bertz CT molecular complexity index is 1810. The molecule has 0 bridgehead atoms. The predicted octanol–water partition coefficient (Wildman–Crippen LogP) is 11.3. The summed E-state index contributed by atoms with van der Waals surface area (Å²) in [6, 6.07) is 39.3. The van der Waals surface area contributed by atoms with Crippen LogP contribution in [0.25, 0.3) is 33.4 Å². The lowest BCUT2D eigenvalue weighted by Crippen LogP contribution is -2.49. The van der Waals surface area contributed by atoms with Gasteiger partial charge in [-0.1, -0.05) is 163 Å². The second kappa shape index (κ2) is 12.6. The van der Waals surface area contributed by atoms with E-state index in [1.165, 1.54) is 66.4 Å². The van der Waals surface area contributed by atoms with Gasteiger partial charge in [0.05, 0.1) is 8.07 Å². The number of rotatable bonds is 9. The van der Waals surface area contributed by atoms with Crippen LogP contribution in [0.2, 0.25) is 13.1 Å². The highest BCUT2D eigenvalue weighted by molar-refractivity contribution is 6.92. The molecular weight excluding hydrogens is 573 g/mol.